The van der Waals surface area contributed by atoms with Gasteiger partial charge < -0.3 is 5.73 Å². The second-order valence-corrected chi connectivity index (χ2v) is 5.46. The number of nitrogens with two attached hydrogens (primary N) is 1. The summed E-state index contributed by atoms with van der Waals surface area (Å²) >= 11 is 0. The highest BCUT2D eigenvalue weighted by Gasteiger charge is 2.50. The van der Waals surface area contributed by atoms with Gasteiger partial charge in [0, 0.05) is 23.3 Å². The van der Waals surface area contributed by atoms with Gasteiger partial charge >= 0.3 is 0 Å². The van der Waals surface area contributed by atoms with Crippen LogP contribution in [0.25, 0.3) is 0 Å². The molecule has 1 aliphatic rings. The van der Waals surface area contributed by atoms with Crippen LogP contribution in [-0.2, 0) is 12.0 Å². The van der Waals surface area contributed by atoms with Crippen LogP contribution >= 0.6 is 0 Å². The zero-order chi connectivity index (χ0) is 10.6. The van der Waals surface area contributed by atoms with E-state index in [0.29, 0.717) is 0 Å². The molecule has 78 valence electrons. The molecule has 2 atom stereocenters. The molecule has 3 nitrogen and oxygen atoms in total. The van der Waals surface area contributed by atoms with Crippen molar-refractivity contribution in [1.82, 2.24) is 9.78 Å². The van der Waals surface area contributed by atoms with E-state index >= 15 is 0 Å². The van der Waals surface area contributed by atoms with Crippen molar-refractivity contribution in [3.8, 4) is 0 Å². The van der Waals surface area contributed by atoms with Gasteiger partial charge in [0.15, 0.2) is 0 Å². The van der Waals surface area contributed by atoms with E-state index in [1.807, 2.05) is 10.9 Å². The van der Waals surface area contributed by atoms with Crippen LogP contribution in [0.15, 0.2) is 12.3 Å². The lowest BCUT2D eigenvalue weighted by atomic mass is 9.63. The first-order valence-electron chi connectivity index (χ1n) is 5.15. The van der Waals surface area contributed by atoms with Crippen LogP contribution in [0, 0.1) is 5.41 Å². The SMILES string of the molecule is CC(C)(C)C1(C)c2ccnn2C[C@H]1N. The van der Waals surface area contributed by atoms with Crippen molar-refractivity contribution < 1.29 is 0 Å². The molecule has 0 bridgehead atoms. The zero-order valence-electron chi connectivity index (χ0n) is 9.41. The normalized spacial score (nSPS) is 31.9. The summed E-state index contributed by atoms with van der Waals surface area (Å²) in [6, 6.07) is 2.27. The maximum atomic E-state index is 6.23. The third kappa shape index (κ3) is 0.989. The van der Waals surface area contributed by atoms with Crippen molar-refractivity contribution in [2.24, 2.45) is 11.1 Å². The summed E-state index contributed by atoms with van der Waals surface area (Å²) in [5.74, 6) is 0. The van der Waals surface area contributed by atoms with Gasteiger partial charge in [0.25, 0.3) is 0 Å². The zero-order valence-corrected chi connectivity index (χ0v) is 9.41. The van der Waals surface area contributed by atoms with E-state index in [1.165, 1.54) is 5.69 Å². The van der Waals surface area contributed by atoms with Gasteiger partial charge in [-0.15, -0.1) is 0 Å². The van der Waals surface area contributed by atoms with Crippen LogP contribution in [0.5, 0.6) is 0 Å². The lowest BCUT2D eigenvalue weighted by molar-refractivity contribution is 0.179. The van der Waals surface area contributed by atoms with Gasteiger partial charge in [0.1, 0.15) is 0 Å². The lowest BCUT2D eigenvalue weighted by Gasteiger charge is -2.41. The molecule has 0 spiro atoms. The van der Waals surface area contributed by atoms with Crippen molar-refractivity contribution >= 4 is 0 Å². The molecular weight excluding hydrogens is 174 g/mol. The van der Waals surface area contributed by atoms with Crippen molar-refractivity contribution in [3.63, 3.8) is 0 Å². The maximum absolute atomic E-state index is 6.23. The van der Waals surface area contributed by atoms with Gasteiger partial charge in [-0.05, 0) is 11.5 Å². The van der Waals surface area contributed by atoms with Crippen molar-refractivity contribution in [2.75, 3.05) is 0 Å². The summed E-state index contributed by atoms with van der Waals surface area (Å²) < 4.78 is 2.04. The quantitative estimate of drug-likeness (QED) is 0.679. The van der Waals surface area contributed by atoms with Crippen molar-refractivity contribution in [1.29, 1.82) is 0 Å². The average molecular weight is 193 g/mol. The molecular formula is C11H19N3. The Labute approximate surface area is 85.3 Å². The molecule has 0 aromatic carbocycles. The Bertz CT molecular complexity index is 348. The largest absolute Gasteiger partial charge is 0.325 e. The standard InChI is InChI=1S/C11H19N3/c1-10(2,3)11(4)8(12)7-14-9(11)5-6-13-14/h5-6,8H,7,12H2,1-4H3/t8-,11?/m1/s1. The Hall–Kier alpha value is -0.830. The minimum atomic E-state index is 0.0312. The lowest BCUT2D eigenvalue weighted by Crippen LogP contribution is -2.49. The first kappa shape index (κ1) is 9.71. The molecule has 0 saturated heterocycles. The number of nitrogens with zero attached hydrogens (tertiary/aromatic N) is 2. The number of fused-ring (bicyclic) bond motifs is 1. The minimum absolute atomic E-state index is 0.0312. The van der Waals surface area contributed by atoms with Crippen LogP contribution in [-0.4, -0.2) is 15.8 Å². The van der Waals surface area contributed by atoms with Crippen LogP contribution in [0.1, 0.15) is 33.4 Å². The predicted octanol–water partition coefficient (Wildman–Crippen LogP) is 1.53. The van der Waals surface area contributed by atoms with Gasteiger partial charge in [-0.2, -0.15) is 5.10 Å². The average Bonchev–Trinajstić information content (AvgIpc) is 2.55. The molecule has 2 N–H and O–H groups in total. The van der Waals surface area contributed by atoms with Crippen molar-refractivity contribution in [2.45, 2.75) is 45.7 Å². The number of rotatable bonds is 0. The van der Waals surface area contributed by atoms with Crippen molar-refractivity contribution in [3.05, 3.63) is 18.0 Å². The fourth-order valence-electron chi connectivity index (χ4n) is 2.42. The van der Waals surface area contributed by atoms with Gasteiger partial charge in [-0.25, -0.2) is 0 Å². The Morgan fingerprint density at radius 3 is 2.79 bits per heavy atom. The molecule has 3 heteroatoms. The molecule has 0 fully saturated rings. The fourth-order valence-corrected chi connectivity index (χ4v) is 2.42. The van der Waals surface area contributed by atoms with Crippen LogP contribution in [0.3, 0.4) is 0 Å². The molecule has 1 aliphatic heterocycles. The van der Waals surface area contributed by atoms with E-state index in [2.05, 4.69) is 38.9 Å². The maximum Gasteiger partial charge on any atom is 0.0573 e. The van der Waals surface area contributed by atoms with Crippen LogP contribution in [0.2, 0.25) is 0 Å². The first-order chi connectivity index (χ1) is 6.37. The topological polar surface area (TPSA) is 43.8 Å². The highest BCUT2D eigenvalue weighted by molar-refractivity contribution is 5.26. The monoisotopic (exact) mass is 193 g/mol. The molecule has 0 radical (unpaired) electrons. The van der Waals surface area contributed by atoms with E-state index in [0.717, 1.165) is 6.54 Å². The smallest absolute Gasteiger partial charge is 0.0573 e. The Morgan fingerprint density at radius 1 is 1.57 bits per heavy atom. The highest BCUT2D eigenvalue weighted by Crippen LogP contribution is 2.46. The molecule has 1 aromatic heterocycles. The van der Waals surface area contributed by atoms with Gasteiger partial charge in [-0.1, -0.05) is 27.7 Å². The summed E-state index contributed by atoms with van der Waals surface area (Å²) in [4.78, 5) is 0. The van der Waals surface area contributed by atoms with E-state index in [4.69, 9.17) is 5.73 Å². The molecule has 14 heavy (non-hydrogen) atoms. The molecule has 0 aliphatic carbocycles. The second-order valence-electron chi connectivity index (χ2n) is 5.46. The third-order valence-electron chi connectivity index (χ3n) is 3.92. The molecule has 2 heterocycles. The molecule has 0 amide bonds. The van der Waals surface area contributed by atoms with E-state index in [-0.39, 0.29) is 16.9 Å². The number of hydrogen-bond acceptors (Lipinski definition) is 2. The molecule has 0 saturated carbocycles. The van der Waals surface area contributed by atoms with E-state index in [1.54, 1.807) is 0 Å². The summed E-state index contributed by atoms with van der Waals surface area (Å²) in [5, 5.41) is 4.29. The van der Waals surface area contributed by atoms with E-state index in [9.17, 15) is 0 Å². The number of hydrogen-bond donors (Lipinski definition) is 1. The van der Waals surface area contributed by atoms with E-state index < -0.39 is 0 Å². The molecule has 1 unspecified atom stereocenters. The van der Waals surface area contributed by atoms with Crippen LogP contribution < -0.4 is 5.73 Å². The highest BCUT2D eigenvalue weighted by atomic mass is 15.3. The van der Waals surface area contributed by atoms with Gasteiger partial charge in [0.2, 0.25) is 0 Å². The summed E-state index contributed by atoms with van der Waals surface area (Å²) in [6.07, 6.45) is 1.87. The van der Waals surface area contributed by atoms with Gasteiger partial charge in [-0.3, -0.25) is 4.68 Å². The summed E-state index contributed by atoms with van der Waals surface area (Å²) in [7, 11) is 0. The second kappa shape index (κ2) is 2.60. The Balaban J connectivity index is 2.55. The minimum Gasteiger partial charge on any atom is -0.325 e. The predicted molar refractivity (Wildman–Crippen MR) is 57.0 cm³/mol. The summed E-state index contributed by atoms with van der Waals surface area (Å²) in [5.41, 5.74) is 7.71. The Kier molecular flexibility index (Phi) is 1.80. The van der Waals surface area contributed by atoms with Crippen LogP contribution in [0.4, 0.5) is 0 Å². The third-order valence-corrected chi connectivity index (χ3v) is 3.92. The molecule has 1 aromatic rings. The Morgan fingerprint density at radius 2 is 2.21 bits per heavy atom. The fraction of sp³-hybridized carbons (Fsp3) is 0.727. The molecule has 2 rings (SSSR count). The van der Waals surface area contributed by atoms with Gasteiger partial charge in [0.05, 0.1) is 6.54 Å². The number of aromatic nitrogens is 2. The summed E-state index contributed by atoms with van der Waals surface area (Å²) in [6.45, 7) is 9.83. The first-order valence-corrected chi connectivity index (χ1v) is 5.15.